The van der Waals surface area contributed by atoms with Crippen LogP contribution in [0.4, 0.5) is 9.59 Å². The third-order valence-electron chi connectivity index (χ3n) is 7.65. The van der Waals surface area contributed by atoms with Crippen molar-refractivity contribution >= 4 is 24.0 Å². The van der Waals surface area contributed by atoms with Gasteiger partial charge in [-0.1, -0.05) is 43.0 Å². The van der Waals surface area contributed by atoms with Crippen LogP contribution in [-0.4, -0.2) is 108 Å². The van der Waals surface area contributed by atoms with Gasteiger partial charge in [-0.25, -0.2) is 19.6 Å². The zero-order valence-electron chi connectivity index (χ0n) is 29.2. The number of amides is 4. The fourth-order valence-electron chi connectivity index (χ4n) is 4.92. The van der Waals surface area contributed by atoms with Gasteiger partial charge in [-0.15, -0.1) is 0 Å². The summed E-state index contributed by atoms with van der Waals surface area (Å²) in [5.41, 5.74) is 5.15. The van der Waals surface area contributed by atoms with Crippen molar-refractivity contribution in [2.45, 2.75) is 26.4 Å². The molecule has 4 amide bonds. The molecule has 51 heavy (non-hydrogen) atoms. The highest BCUT2D eigenvalue weighted by atomic mass is 16.5. The van der Waals surface area contributed by atoms with E-state index >= 15 is 0 Å². The molecule has 0 saturated carbocycles. The van der Waals surface area contributed by atoms with Crippen molar-refractivity contribution in [3.8, 4) is 34.4 Å². The molecule has 0 atom stereocenters. The van der Waals surface area contributed by atoms with Gasteiger partial charge in [-0.3, -0.25) is 9.59 Å². The molecule has 2 aromatic heterocycles. The van der Waals surface area contributed by atoms with E-state index in [1.54, 1.807) is 29.2 Å². The van der Waals surface area contributed by atoms with Gasteiger partial charge in [0.2, 0.25) is 11.8 Å². The number of nitrogens with zero attached hydrogens (tertiary/aromatic N) is 4. The molecule has 0 aliphatic rings. The predicted molar refractivity (Wildman–Crippen MR) is 190 cm³/mol. The fourth-order valence-corrected chi connectivity index (χ4v) is 4.92. The highest BCUT2D eigenvalue weighted by Gasteiger charge is 2.18. The maximum absolute atomic E-state index is 12.7. The van der Waals surface area contributed by atoms with E-state index < -0.39 is 12.2 Å². The number of imidazole rings is 2. The largest absolute Gasteiger partial charge is 0.453 e. The standard InChI is InChI=1S/C36H43N9O6/c1-5-17-44(33(46)21-40-35(48)50-3)23-31-38-19-29(42-31)27-12-8-25(9-13-27)6-7-26-10-14-28(15-11-26)30-20-39-32(43-30)24-45(18-16-37-2)34(47)22-41-36(49)51-4/h8-15,19-20,37H,5,16-18,21-24H2,1-4H3,(H,38,42)(H,39,43)(H,40,48)(H,41,49). The van der Waals surface area contributed by atoms with Gasteiger partial charge in [0.15, 0.2) is 0 Å². The fraction of sp³-hybridized carbons (Fsp3) is 0.333. The van der Waals surface area contributed by atoms with Crippen molar-refractivity contribution in [1.29, 1.82) is 0 Å². The van der Waals surface area contributed by atoms with E-state index in [2.05, 4.69) is 57.2 Å². The van der Waals surface area contributed by atoms with Gasteiger partial charge in [-0.2, -0.15) is 0 Å². The van der Waals surface area contributed by atoms with Crippen LogP contribution >= 0.6 is 0 Å². The molecule has 2 aromatic carbocycles. The summed E-state index contributed by atoms with van der Waals surface area (Å²) in [5, 5.41) is 7.87. The number of aromatic amines is 2. The Morgan fingerprint density at radius 1 is 0.706 bits per heavy atom. The quantitative estimate of drug-likeness (QED) is 0.117. The third-order valence-corrected chi connectivity index (χ3v) is 7.65. The zero-order chi connectivity index (χ0) is 36.6. The Morgan fingerprint density at radius 2 is 1.14 bits per heavy atom. The van der Waals surface area contributed by atoms with Gasteiger partial charge >= 0.3 is 12.2 Å². The first-order valence-corrected chi connectivity index (χ1v) is 16.4. The number of benzene rings is 2. The number of alkyl carbamates (subject to hydrolysis) is 2. The minimum atomic E-state index is -0.667. The van der Waals surface area contributed by atoms with E-state index in [0.29, 0.717) is 31.3 Å². The van der Waals surface area contributed by atoms with Gasteiger partial charge in [0, 0.05) is 30.8 Å². The van der Waals surface area contributed by atoms with Crippen LogP contribution in [0.5, 0.6) is 0 Å². The van der Waals surface area contributed by atoms with Crippen molar-refractivity contribution < 1.29 is 28.7 Å². The molecule has 0 aliphatic carbocycles. The van der Waals surface area contributed by atoms with Crippen LogP contribution in [0.3, 0.4) is 0 Å². The third kappa shape index (κ3) is 11.5. The summed E-state index contributed by atoms with van der Waals surface area (Å²) in [6, 6.07) is 15.6. The lowest BCUT2D eigenvalue weighted by Gasteiger charge is -2.21. The van der Waals surface area contributed by atoms with E-state index in [9.17, 15) is 19.2 Å². The lowest BCUT2D eigenvalue weighted by Crippen LogP contribution is -2.42. The number of H-pyrrole nitrogens is 2. The SMILES string of the molecule is CCCN(Cc1ncc(-c2ccc(C#Cc3ccc(-c4cnc(CN(CCNC)C(=O)CNC(=O)OC)[nH]4)cc3)cc2)[nH]1)C(=O)CNC(=O)OC. The van der Waals surface area contributed by atoms with Gasteiger partial charge < -0.3 is 45.2 Å². The van der Waals surface area contributed by atoms with Crippen LogP contribution < -0.4 is 16.0 Å². The lowest BCUT2D eigenvalue weighted by atomic mass is 10.1. The average molecular weight is 698 g/mol. The highest BCUT2D eigenvalue weighted by Crippen LogP contribution is 2.20. The first-order valence-electron chi connectivity index (χ1n) is 16.4. The number of carbonyl (C=O) groups is 4. The van der Waals surface area contributed by atoms with Gasteiger partial charge in [-0.05, 0) is 48.9 Å². The van der Waals surface area contributed by atoms with Crippen LogP contribution in [0.15, 0.2) is 60.9 Å². The lowest BCUT2D eigenvalue weighted by molar-refractivity contribution is -0.131. The first kappa shape index (κ1) is 37.7. The van der Waals surface area contributed by atoms with Gasteiger partial charge in [0.05, 0.1) is 51.1 Å². The molecule has 0 fully saturated rings. The molecular weight excluding hydrogens is 654 g/mol. The maximum Gasteiger partial charge on any atom is 0.407 e. The zero-order valence-corrected chi connectivity index (χ0v) is 29.2. The van der Waals surface area contributed by atoms with Crippen LogP contribution in [0.1, 0.15) is 36.1 Å². The Kier molecular flexibility index (Phi) is 14.1. The minimum absolute atomic E-state index is 0.153. The molecule has 4 aromatic rings. The molecule has 0 bridgehead atoms. The molecule has 15 heteroatoms. The van der Waals surface area contributed by atoms with E-state index in [4.69, 9.17) is 0 Å². The Bertz CT molecular complexity index is 1820. The number of hydrogen-bond donors (Lipinski definition) is 5. The molecule has 0 unspecified atom stereocenters. The summed E-state index contributed by atoms with van der Waals surface area (Å²) in [5.74, 6) is 7.17. The van der Waals surface area contributed by atoms with E-state index in [1.165, 1.54) is 14.2 Å². The van der Waals surface area contributed by atoms with Crippen molar-refractivity contribution in [2.24, 2.45) is 0 Å². The topological polar surface area (TPSA) is 187 Å². The van der Waals surface area contributed by atoms with Crippen molar-refractivity contribution in [3.05, 3.63) is 83.7 Å². The molecule has 0 radical (unpaired) electrons. The number of aromatic nitrogens is 4. The summed E-state index contributed by atoms with van der Waals surface area (Å²) in [4.78, 5) is 66.8. The Hall–Kier alpha value is -6.14. The first-order chi connectivity index (χ1) is 24.7. The number of likely N-dealkylation sites (N-methyl/N-ethyl adjacent to an activating group) is 1. The summed E-state index contributed by atoms with van der Waals surface area (Å²) in [7, 11) is 4.29. The Morgan fingerprint density at radius 3 is 1.53 bits per heavy atom. The van der Waals surface area contributed by atoms with Crippen LogP contribution in [-0.2, 0) is 32.2 Å². The number of methoxy groups -OCH3 is 2. The Labute approximate surface area is 296 Å². The van der Waals surface area contributed by atoms with E-state index in [1.807, 2.05) is 55.5 Å². The predicted octanol–water partition coefficient (Wildman–Crippen LogP) is 2.87. The summed E-state index contributed by atoms with van der Waals surface area (Å²) in [6.45, 7) is 3.73. The highest BCUT2D eigenvalue weighted by molar-refractivity contribution is 5.82. The second-order valence-corrected chi connectivity index (χ2v) is 11.3. The average Bonchev–Trinajstić information content (AvgIpc) is 3.83. The second kappa shape index (κ2) is 19.2. The number of rotatable bonds is 15. The minimum Gasteiger partial charge on any atom is -0.453 e. The molecule has 4 rings (SSSR count). The number of carbonyl (C=O) groups excluding carboxylic acids is 4. The van der Waals surface area contributed by atoms with E-state index in [0.717, 1.165) is 40.1 Å². The smallest absolute Gasteiger partial charge is 0.407 e. The van der Waals surface area contributed by atoms with Crippen molar-refractivity contribution in [1.82, 2.24) is 45.7 Å². The Balaban J connectivity index is 1.34. The second-order valence-electron chi connectivity index (χ2n) is 11.3. The van der Waals surface area contributed by atoms with E-state index in [-0.39, 0.29) is 38.0 Å². The monoisotopic (exact) mass is 697 g/mol. The van der Waals surface area contributed by atoms with Crippen LogP contribution in [0.25, 0.3) is 22.5 Å². The van der Waals surface area contributed by atoms with Gasteiger partial charge in [0.25, 0.3) is 0 Å². The molecule has 15 nitrogen and oxygen atoms in total. The van der Waals surface area contributed by atoms with Gasteiger partial charge in [0.1, 0.15) is 24.7 Å². The molecular formula is C36H43N9O6. The summed E-state index contributed by atoms with van der Waals surface area (Å²) < 4.78 is 9.09. The van der Waals surface area contributed by atoms with Crippen molar-refractivity contribution in [2.75, 3.05) is 54.0 Å². The summed E-state index contributed by atoms with van der Waals surface area (Å²) >= 11 is 0. The summed E-state index contributed by atoms with van der Waals surface area (Å²) in [6.07, 6.45) is 2.89. The normalized spacial score (nSPS) is 10.4. The molecule has 5 N–H and O–H groups in total. The molecule has 2 heterocycles. The number of hydrogen-bond acceptors (Lipinski definition) is 9. The molecule has 0 saturated heterocycles. The molecule has 268 valence electrons. The number of nitrogens with one attached hydrogen (secondary N) is 5. The maximum atomic E-state index is 12.7. The number of ether oxygens (including phenoxy) is 2. The molecule has 0 aliphatic heterocycles. The molecule has 0 spiro atoms. The van der Waals surface area contributed by atoms with Crippen LogP contribution in [0.2, 0.25) is 0 Å². The van der Waals surface area contributed by atoms with Crippen LogP contribution in [0, 0.1) is 11.8 Å². The van der Waals surface area contributed by atoms with Crippen molar-refractivity contribution in [3.63, 3.8) is 0 Å².